The monoisotopic (exact) mass is 246 g/mol. The number of ether oxygens (including phenoxy) is 1. The molecule has 0 radical (unpaired) electrons. The van der Waals surface area contributed by atoms with Crippen molar-refractivity contribution in [3.63, 3.8) is 0 Å². The number of hydrogen-bond acceptors (Lipinski definition) is 4. The maximum absolute atomic E-state index is 11.8. The highest BCUT2D eigenvalue weighted by atomic mass is 16.5. The molecule has 0 heterocycles. The van der Waals surface area contributed by atoms with Gasteiger partial charge >= 0.3 is 5.97 Å². The lowest BCUT2D eigenvalue weighted by Crippen LogP contribution is -2.41. The second-order valence-electron chi connectivity index (χ2n) is 3.65. The Bertz CT molecular complexity index is 474. The van der Waals surface area contributed by atoms with Gasteiger partial charge in [0.15, 0.2) is 0 Å². The van der Waals surface area contributed by atoms with Crippen molar-refractivity contribution in [2.24, 2.45) is 0 Å². The van der Waals surface area contributed by atoms with Crippen LogP contribution in [0.4, 0.5) is 0 Å². The Labute approximate surface area is 105 Å². The van der Waals surface area contributed by atoms with E-state index in [0.29, 0.717) is 17.5 Å². The van der Waals surface area contributed by atoms with E-state index in [9.17, 15) is 9.59 Å². The Morgan fingerprint density at radius 2 is 2.00 bits per heavy atom. The second kappa shape index (κ2) is 6.40. The summed E-state index contributed by atoms with van der Waals surface area (Å²) >= 11 is 0. The van der Waals surface area contributed by atoms with Gasteiger partial charge in [-0.1, -0.05) is 6.92 Å². The zero-order chi connectivity index (χ0) is 13.5. The fourth-order valence-electron chi connectivity index (χ4n) is 1.41. The van der Waals surface area contributed by atoms with Crippen LogP contribution >= 0.6 is 0 Å². The van der Waals surface area contributed by atoms with E-state index >= 15 is 0 Å². The van der Waals surface area contributed by atoms with Crippen LogP contribution in [0.1, 0.15) is 29.3 Å². The van der Waals surface area contributed by atoms with E-state index in [-0.39, 0.29) is 5.91 Å². The van der Waals surface area contributed by atoms with Crippen LogP contribution in [0.2, 0.25) is 0 Å². The summed E-state index contributed by atoms with van der Waals surface area (Å²) in [5.74, 6) is -0.837. The number of benzene rings is 1. The van der Waals surface area contributed by atoms with Crippen molar-refractivity contribution in [1.29, 1.82) is 5.26 Å². The summed E-state index contributed by atoms with van der Waals surface area (Å²) < 4.78 is 4.58. The average Bonchev–Trinajstić information content (AvgIpc) is 2.43. The lowest BCUT2D eigenvalue weighted by molar-refractivity contribution is -0.142. The first-order valence-electron chi connectivity index (χ1n) is 5.51. The first-order valence-corrected chi connectivity index (χ1v) is 5.51. The van der Waals surface area contributed by atoms with Gasteiger partial charge < -0.3 is 10.1 Å². The summed E-state index contributed by atoms with van der Waals surface area (Å²) in [7, 11) is 1.28. The molecule has 18 heavy (non-hydrogen) atoms. The number of esters is 1. The Balaban J connectivity index is 2.75. The van der Waals surface area contributed by atoms with Crippen LogP contribution < -0.4 is 5.32 Å². The number of hydrogen-bond donors (Lipinski definition) is 1. The molecule has 5 nitrogen and oxygen atoms in total. The third kappa shape index (κ3) is 3.32. The molecule has 1 aromatic rings. The molecule has 1 N–H and O–H groups in total. The topological polar surface area (TPSA) is 79.2 Å². The number of methoxy groups -OCH3 is 1. The molecule has 94 valence electrons. The number of nitrogens with zero attached hydrogens (tertiary/aromatic N) is 1. The average molecular weight is 246 g/mol. The molecule has 0 aromatic heterocycles. The van der Waals surface area contributed by atoms with Gasteiger partial charge in [0.1, 0.15) is 6.04 Å². The van der Waals surface area contributed by atoms with Gasteiger partial charge in [0, 0.05) is 5.56 Å². The largest absolute Gasteiger partial charge is 0.467 e. The van der Waals surface area contributed by atoms with Crippen molar-refractivity contribution < 1.29 is 14.3 Å². The smallest absolute Gasteiger partial charge is 0.328 e. The molecule has 5 heteroatoms. The molecular formula is C13H14N2O3. The zero-order valence-electron chi connectivity index (χ0n) is 10.3. The molecule has 1 amide bonds. The van der Waals surface area contributed by atoms with Crippen LogP contribution in [0, 0.1) is 11.3 Å². The Morgan fingerprint density at radius 1 is 1.39 bits per heavy atom. The minimum Gasteiger partial charge on any atom is -0.467 e. The van der Waals surface area contributed by atoms with Crippen molar-refractivity contribution >= 4 is 11.9 Å². The molecule has 0 fully saturated rings. The van der Waals surface area contributed by atoms with Crippen LogP contribution in [0.5, 0.6) is 0 Å². The van der Waals surface area contributed by atoms with E-state index in [0.717, 1.165) is 0 Å². The highest BCUT2D eigenvalue weighted by molar-refractivity contribution is 5.96. The Kier molecular flexibility index (Phi) is 4.88. The molecule has 1 rings (SSSR count). The minimum atomic E-state index is -0.654. The molecular weight excluding hydrogens is 232 g/mol. The summed E-state index contributed by atoms with van der Waals surface area (Å²) in [6, 6.07) is 7.49. The summed E-state index contributed by atoms with van der Waals surface area (Å²) in [5, 5.41) is 11.2. The highest BCUT2D eigenvalue weighted by Gasteiger charge is 2.19. The molecule has 0 saturated heterocycles. The van der Waals surface area contributed by atoms with Crippen molar-refractivity contribution in [1.82, 2.24) is 5.32 Å². The normalized spacial score (nSPS) is 11.2. The quantitative estimate of drug-likeness (QED) is 0.810. The van der Waals surface area contributed by atoms with Gasteiger partial charge in [-0.05, 0) is 30.7 Å². The molecule has 1 aromatic carbocycles. The van der Waals surface area contributed by atoms with E-state index < -0.39 is 12.0 Å². The Hall–Kier alpha value is -2.35. The zero-order valence-corrected chi connectivity index (χ0v) is 10.3. The van der Waals surface area contributed by atoms with Crippen LogP contribution in [0.15, 0.2) is 24.3 Å². The molecule has 0 aliphatic heterocycles. The van der Waals surface area contributed by atoms with Crippen LogP contribution in [0.3, 0.4) is 0 Å². The van der Waals surface area contributed by atoms with Gasteiger partial charge in [-0.2, -0.15) is 5.26 Å². The van der Waals surface area contributed by atoms with Crippen LogP contribution in [-0.4, -0.2) is 25.0 Å². The summed E-state index contributed by atoms with van der Waals surface area (Å²) in [6.45, 7) is 1.78. The van der Waals surface area contributed by atoms with Gasteiger partial charge in [0.05, 0.1) is 18.7 Å². The van der Waals surface area contributed by atoms with Crippen molar-refractivity contribution in [2.45, 2.75) is 19.4 Å². The highest BCUT2D eigenvalue weighted by Crippen LogP contribution is 2.04. The van der Waals surface area contributed by atoms with E-state index in [1.165, 1.54) is 19.2 Å². The lowest BCUT2D eigenvalue weighted by atomic mass is 10.1. The van der Waals surface area contributed by atoms with Gasteiger partial charge in [-0.15, -0.1) is 0 Å². The minimum absolute atomic E-state index is 0.364. The van der Waals surface area contributed by atoms with Gasteiger partial charge in [0.2, 0.25) is 0 Å². The third-order valence-electron chi connectivity index (χ3n) is 2.48. The number of carbonyl (C=O) groups is 2. The number of nitriles is 1. The standard InChI is InChI=1S/C13H14N2O3/c1-3-11(13(17)18-2)15-12(16)10-6-4-9(8-14)5-7-10/h4-7,11H,3H2,1-2H3,(H,15,16)/t11-/m0/s1. The predicted octanol–water partition coefficient (Wildman–Crippen LogP) is 1.24. The summed E-state index contributed by atoms with van der Waals surface area (Å²) in [6.07, 6.45) is 0.453. The maximum Gasteiger partial charge on any atom is 0.328 e. The number of carbonyl (C=O) groups excluding carboxylic acids is 2. The molecule has 0 saturated carbocycles. The number of rotatable bonds is 4. The molecule has 0 aliphatic carbocycles. The van der Waals surface area contributed by atoms with Crippen molar-refractivity contribution in [3.05, 3.63) is 35.4 Å². The van der Waals surface area contributed by atoms with E-state index in [1.54, 1.807) is 19.1 Å². The molecule has 1 atom stereocenters. The molecule has 0 aliphatic rings. The summed E-state index contributed by atoms with van der Waals surface area (Å²) in [5.41, 5.74) is 0.878. The second-order valence-corrected chi connectivity index (χ2v) is 3.65. The number of amides is 1. The summed E-state index contributed by atoms with van der Waals surface area (Å²) in [4.78, 5) is 23.2. The number of nitrogens with one attached hydrogen (secondary N) is 1. The van der Waals surface area contributed by atoms with Gasteiger partial charge in [0.25, 0.3) is 5.91 Å². The predicted molar refractivity (Wildman–Crippen MR) is 64.7 cm³/mol. The van der Waals surface area contributed by atoms with Gasteiger partial charge in [-0.3, -0.25) is 4.79 Å². The Morgan fingerprint density at radius 3 is 2.44 bits per heavy atom. The molecule has 0 unspecified atom stereocenters. The van der Waals surface area contributed by atoms with Crippen molar-refractivity contribution in [3.8, 4) is 6.07 Å². The fourth-order valence-corrected chi connectivity index (χ4v) is 1.41. The SMILES string of the molecule is CC[C@H](NC(=O)c1ccc(C#N)cc1)C(=O)OC. The third-order valence-corrected chi connectivity index (χ3v) is 2.48. The molecule has 0 bridgehead atoms. The van der Waals surface area contributed by atoms with Crippen molar-refractivity contribution in [2.75, 3.05) is 7.11 Å². The first kappa shape index (κ1) is 13.7. The molecule has 0 spiro atoms. The lowest BCUT2D eigenvalue weighted by Gasteiger charge is -2.14. The fraction of sp³-hybridized carbons (Fsp3) is 0.308. The van der Waals surface area contributed by atoms with Gasteiger partial charge in [-0.25, -0.2) is 4.79 Å². The first-order chi connectivity index (χ1) is 8.62. The van der Waals surface area contributed by atoms with E-state index in [1.807, 2.05) is 6.07 Å². The van der Waals surface area contributed by atoms with E-state index in [4.69, 9.17) is 5.26 Å². The van der Waals surface area contributed by atoms with Crippen LogP contribution in [-0.2, 0) is 9.53 Å². The van der Waals surface area contributed by atoms with Crippen LogP contribution in [0.25, 0.3) is 0 Å². The van der Waals surface area contributed by atoms with E-state index in [2.05, 4.69) is 10.1 Å². The maximum atomic E-state index is 11.8.